The summed E-state index contributed by atoms with van der Waals surface area (Å²) in [6.07, 6.45) is 5.24. The van der Waals surface area contributed by atoms with Crippen LogP contribution in [0, 0.1) is 0 Å². The van der Waals surface area contributed by atoms with Crippen molar-refractivity contribution in [1.29, 1.82) is 0 Å². The average molecular weight is 289 g/mol. The van der Waals surface area contributed by atoms with E-state index in [1.54, 1.807) is 4.31 Å². The van der Waals surface area contributed by atoms with E-state index in [1.807, 2.05) is 6.92 Å². The molecule has 0 amide bonds. The lowest BCUT2D eigenvalue weighted by atomic mass is 10.0. The number of hydrogen-bond acceptors (Lipinski definition) is 3. The van der Waals surface area contributed by atoms with Gasteiger partial charge in [0.1, 0.15) is 5.15 Å². The Morgan fingerprint density at radius 2 is 2.28 bits per heavy atom. The van der Waals surface area contributed by atoms with Crippen molar-refractivity contribution in [2.75, 3.05) is 6.54 Å². The van der Waals surface area contributed by atoms with E-state index in [-0.39, 0.29) is 16.1 Å². The summed E-state index contributed by atoms with van der Waals surface area (Å²) in [5, 5.41) is 0.209. The van der Waals surface area contributed by atoms with Crippen LogP contribution in [0.5, 0.6) is 0 Å². The van der Waals surface area contributed by atoms with Gasteiger partial charge < -0.3 is 0 Å². The van der Waals surface area contributed by atoms with E-state index in [2.05, 4.69) is 4.98 Å². The minimum Gasteiger partial charge on any atom is -0.244 e. The fourth-order valence-corrected chi connectivity index (χ4v) is 4.40. The van der Waals surface area contributed by atoms with Crippen LogP contribution >= 0.6 is 11.6 Å². The smallest absolute Gasteiger partial charge is 0.243 e. The van der Waals surface area contributed by atoms with Crippen molar-refractivity contribution in [3.05, 3.63) is 23.5 Å². The molecule has 1 atom stereocenters. The van der Waals surface area contributed by atoms with Gasteiger partial charge in [-0.25, -0.2) is 13.4 Å². The Balaban J connectivity index is 2.35. The van der Waals surface area contributed by atoms with Crippen molar-refractivity contribution in [3.63, 3.8) is 0 Å². The quantitative estimate of drug-likeness (QED) is 0.804. The van der Waals surface area contributed by atoms with Crippen molar-refractivity contribution >= 4 is 21.6 Å². The van der Waals surface area contributed by atoms with Gasteiger partial charge >= 0.3 is 0 Å². The molecule has 1 aromatic rings. The third-order valence-corrected chi connectivity index (χ3v) is 5.50. The van der Waals surface area contributed by atoms with Crippen molar-refractivity contribution in [1.82, 2.24) is 9.29 Å². The van der Waals surface area contributed by atoms with E-state index in [9.17, 15) is 8.42 Å². The van der Waals surface area contributed by atoms with Gasteiger partial charge in [-0.2, -0.15) is 4.31 Å². The number of pyridine rings is 1. The van der Waals surface area contributed by atoms with E-state index in [4.69, 9.17) is 11.6 Å². The Labute approximate surface area is 113 Å². The molecule has 0 radical (unpaired) electrons. The molecule has 1 aliphatic rings. The molecule has 100 valence electrons. The highest BCUT2D eigenvalue weighted by Gasteiger charge is 2.32. The molecule has 18 heavy (non-hydrogen) atoms. The highest BCUT2D eigenvalue weighted by Crippen LogP contribution is 2.27. The van der Waals surface area contributed by atoms with E-state index in [0.717, 1.165) is 25.7 Å². The molecule has 4 nitrogen and oxygen atoms in total. The third kappa shape index (κ3) is 2.68. The molecule has 1 fully saturated rings. The fraction of sp³-hybridized carbons (Fsp3) is 0.583. The van der Waals surface area contributed by atoms with Crippen LogP contribution in [0.3, 0.4) is 0 Å². The van der Waals surface area contributed by atoms with Gasteiger partial charge in [-0.1, -0.05) is 24.9 Å². The minimum absolute atomic E-state index is 0.107. The number of hydrogen-bond donors (Lipinski definition) is 0. The summed E-state index contributed by atoms with van der Waals surface area (Å²) in [5.74, 6) is 0. The zero-order chi connectivity index (χ0) is 13.2. The first kappa shape index (κ1) is 13.8. The molecular formula is C12H17ClN2O2S. The fourth-order valence-electron chi connectivity index (χ4n) is 2.38. The van der Waals surface area contributed by atoms with E-state index in [1.165, 1.54) is 18.3 Å². The van der Waals surface area contributed by atoms with Gasteiger partial charge in [-0.15, -0.1) is 0 Å². The standard InChI is InChI=1S/C12H17ClN2O2S/c1-2-10-5-3-4-8-15(10)18(16,17)11-6-7-14-12(13)9-11/h6-7,9-10H,2-5,8H2,1H3. The first-order valence-electron chi connectivity index (χ1n) is 6.19. The van der Waals surface area contributed by atoms with Gasteiger partial charge in [0.05, 0.1) is 4.90 Å². The third-order valence-electron chi connectivity index (χ3n) is 3.35. The summed E-state index contributed by atoms with van der Waals surface area (Å²) in [7, 11) is -3.44. The molecule has 1 aliphatic heterocycles. The number of nitrogens with zero attached hydrogens (tertiary/aromatic N) is 2. The second-order valence-corrected chi connectivity index (χ2v) is 6.77. The first-order chi connectivity index (χ1) is 8.55. The van der Waals surface area contributed by atoms with Crippen LogP contribution in [-0.2, 0) is 10.0 Å². The van der Waals surface area contributed by atoms with E-state index < -0.39 is 10.0 Å². The van der Waals surface area contributed by atoms with Crippen LogP contribution in [0.15, 0.2) is 23.2 Å². The predicted octanol–water partition coefficient (Wildman–Crippen LogP) is 2.69. The van der Waals surface area contributed by atoms with Crippen molar-refractivity contribution in [3.8, 4) is 0 Å². The number of piperidine rings is 1. The molecule has 0 aliphatic carbocycles. The van der Waals surface area contributed by atoms with Crippen LogP contribution in [0.2, 0.25) is 5.15 Å². The molecule has 1 unspecified atom stereocenters. The van der Waals surface area contributed by atoms with Crippen LogP contribution in [0.1, 0.15) is 32.6 Å². The molecular weight excluding hydrogens is 272 g/mol. The molecule has 1 aromatic heterocycles. The Kier molecular flexibility index (Phi) is 4.25. The predicted molar refractivity (Wildman–Crippen MR) is 71.1 cm³/mol. The number of aromatic nitrogens is 1. The van der Waals surface area contributed by atoms with E-state index >= 15 is 0 Å². The monoisotopic (exact) mass is 288 g/mol. The average Bonchev–Trinajstić information content (AvgIpc) is 2.38. The molecule has 0 aromatic carbocycles. The first-order valence-corrected chi connectivity index (χ1v) is 8.01. The lowest BCUT2D eigenvalue weighted by Gasteiger charge is -2.34. The van der Waals surface area contributed by atoms with Gasteiger partial charge in [-0.3, -0.25) is 0 Å². The Morgan fingerprint density at radius 1 is 1.50 bits per heavy atom. The summed E-state index contributed by atoms with van der Waals surface area (Å²) < 4.78 is 26.7. The highest BCUT2D eigenvalue weighted by molar-refractivity contribution is 7.89. The molecule has 2 rings (SSSR count). The molecule has 1 saturated heterocycles. The summed E-state index contributed by atoms with van der Waals surface area (Å²) >= 11 is 5.77. The summed E-state index contributed by atoms with van der Waals surface area (Å²) in [6.45, 7) is 2.62. The molecule has 0 bridgehead atoms. The summed E-state index contributed by atoms with van der Waals surface area (Å²) in [5.41, 5.74) is 0. The van der Waals surface area contributed by atoms with Crippen molar-refractivity contribution in [2.24, 2.45) is 0 Å². The molecule has 0 N–H and O–H groups in total. The maximum absolute atomic E-state index is 12.5. The van der Waals surface area contributed by atoms with Crippen molar-refractivity contribution < 1.29 is 8.42 Å². The normalized spacial score (nSPS) is 22.0. The van der Waals surface area contributed by atoms with Crippen molar-refractivity contribution in [2.45, 2.75) is 43.5 Å². The molecule has 0 saturated carbocycles. The number of rotatable bonds is 3. The van der Waals surface area contributed by atoms with Crippen LogP contribution in [0.4, 0.5) is 0 Å². The summed E-state index contributed by atoms with van der Waals surface area (Å²) in [6, 6.07) is 3.02. The second-order valence-electron chi connectivity index (χ2n) is 4.49. The maximum Gasteiger partial charge on any atom is 0.243 e. The van der Waals surface area contributed by atoms with Crippen LogP contribution in [0.25, 0.3) is 0 Å². The Morgan fingerprint density at radius 3 is 2.94 bits per heavy atom. The highest BCUT2D eigenvalue weighted by atomic mass is 35.5. The van der Waals surface area contributed by atoms with E-state index in [0.29, 0.717) is 6.54 Å². The SMILES string of the molecule is CCC1CCCCN1S(=O)(=O)c1ccnc(Cl)c1. The molecule has 0 spiro atoms. The molecule has 6 heteroatoms. The summed E-state index contributed by atoms with van der Waals surface area (Å²) in [4.78, 5) is 4.06. The second kappa shape index (κ2) is 5.55. The maximum atomic E-state index is 12.5. The van der Waals surface area contributed by atoms with Gasteiger partial charge in [0.2, 0.25) is 10.0 Å². The number of halogens is 1. The zero-order valence-corrected chi connectivity index (χ0v) is 11.9. The zero-order valence-electron chi connectivity index (χ0n) is 10.3. The lowest BCUT2D eigenvalue weighted by Crippen LogP contribution is -2.43. The minimum atomic E-state index is -3.44. The van der Waals surface area contributed by atoms with Gasteiger partial charge in [0.25, 0.3) is 0 Å². The topological polar surface area (TPSA) is 50.3 Å². The number of sulfonamides is 1. The van der Waals surface area contributed by atoms with Gasteiger partial charge in [0, 0.05) is 18.8 Å². The molecule has 2 heterocycles. The van der Waals surface area contributed by atoms with Crippen LogP contribution in [-0.4, -0.2) is 30.3 Å². The Hall–Kier alpha value is -0.650. The lowest BCUT2D eigenvalue weighted by molar-refractivity contribution is 0.246. The van der Waals surface area contributed by atoms with Gasteiger partial charge in [-0.05, 0) is 31.4 Å². The van der Waals surface area contributed by atoms with Gasteiger partial charge in [0.15, 0.2) is 0 Å². The Bertz CT molecular complexity index is 519. The van der Waals surface area contributed by atoms with Crippen LogP contribution < -0.4 is 0 Å². The largest absolute Gasteiger partial charge is 0.244 e.